The molecule has 4 heteroatoms. The smallest absolute Gasteiger partial charge is 0.167 e. The number of hydrogen-bond acceptors (Lipinski definition) is 3. The van der Waals surface area contributed by atoms with E-state index in [-0.39, 0.29) is 12.4 Å². The molecule has 0 saturated carbocycles. The Kier molecular flexibility index (Phi) is 3.63. The van der Waals surface area contributed by atoms with Gasteiger partial charge >= 0.3 is 0 Å². The van der Waals surface area contributed by atoms with Crippen molar-refractivity contribution in [2.45, 2.75) is 11.8 Å². The minimum atomic E-state index is -0.0361. The minimum Gasteiger partial charge on any atom is -0.484 e. The third kappa shape index (κ3) is 3.28. The van der Waals surface area contributed by atoms with E-state index in [1.54, 1.807) is 18.2 Å². The van der Waals surface area contributed by atoms with Gasteiger partial charge in [0.15, 0.2) is 5.78 Å². The zero-order chi connectivity index (χ0) is 9.84. The molecule has 2 nitrogen and oxygen atoms in total. The van der Waals surface area contributed by atoms with E-state index in [1.807, 2.05) is 0 Å². The maximum atomic E-state index is 10.6. The van der Waals surface area contributed by atoms with E-state index in [2.05, 4.69) is 12.6 Å². The van der Waals surface area contributed by atoms with Crippen molar-refractivity contribution in [1.82, 2.24) is 0 Å². The van der Waals surface area contributed by atoms with Gasteiger partial charge in [0.05, 0.1) is 5.02 Å². The van der Waals surface area contributed by atoms with Crippen LogP contribution in [-0.4, -0.2) is 12.4 Å². The zero-order valence-electron chi connectivity index (χ0n) is 7.08. The Morgan fingerprint density at radius 3 is 2.85 bits per heavy atom. The number of rotatable bonds is 3. The van der Waals surface area contributed by atoms with Crippen LogP contribution in [0.5, 0.6) is 5.75 Å². The Balaban J connectivity index is 2.72. The number of ether oxygens (including phenoxy) is 1. The maximum Gasteiger partial charge on any atom is 0.167 e. The fourth-order valence-electron chi connectivity index (χ4n) is 0.786. The van der Waals surface area contributed by atoms with E-state index in [4.69, 9.17) is 16.3 Å². The van der Waals surface area contributed by atoms with Gasteiger partial charge in [0.1, 0.15) is 12.4 Å². The summed E-state index contributed by atoms with van der Waals surface area (Å²) in [7, 11) is 0. The molecule has 70 valence electrons. The number of carbonyl (C=O) groups is 1. The quantitative estimate of drug-likeness (QED) is 0.787. The second-order valence-corrected chi connectivity index (χ2v) is 3.53. The van der Waals surface area contributed by atoms with Crippen LogP contribution in [0.4, 0.5) is 0 Å². The molecule has 0 fully saturated rings. The van der Waals surface area contributed by atoms with Crippen LogP contribution in [0.15, 0.2) is 23.1 Å². The van der Waals surface area contributed by atoms with Crippen molar-refractivity contribution in [3.63, 3.8) is 0 Å². The summed E-state index contributed by atoms with van der Waals surface area (Å²) < 4.78 is 5.14. The van der Waals surface area contributed by atoms with Gasteiger partial charge in [0.25, 0.3) is 0 Å². The molecule has 0 heterocycles. The first-order valence-corrected chi connectivity index (χ1v) is 4.53. The van der Waals surface area contributed by atoms with Gasteiger partial charge in [-0.15, -0.1) is 12.6 Å². The summed E-state index contributed by atoms with van der Waals surface area (Å²) in [6.45, 7) is 1.51. The van der Waals surface area contributed by atoms with E-state index < -0.39 is 0 Å². The zero-order valence-corrected chi connectivity index (χ0v) is 8.73. The Hall–Kier alpha value is -0.670. The van der Waals surface area contributed by atoms with Crippen molar-refractivity contribution in [3.8, 4) is 5.75 Å². The van der Waals surface area contributed by atoms with Crippen LogP contribution < -0.4 is 4.74 Å². The van der Waals surface area contributed by atoms with E-state index in [9.17, 15) is 4.79 Å². The highest BCUT2D eigenvalue weighted by molar-refractivity contribution is 7.80. The number of thiol groups is 1. The Labute approximate surface area is 87.3 Å². The van der Waals surface area contributed by atoms with Crippen molar-refractivity contribution < 1.29 is 9.53 Å². The first-order chi connectivity index (χ1) is 6.09. The molecule has 0 amide bonds. The van der Waals surface area contributed by atoms with Gasteiger partial charge in [-0.2, -0.15) is 0 Å². The van der Waals surface area contributed by atoms with E-state index in [0.29, 0.717) is 10.8 Å². The SMILES string of the molecule is CC(=O)COc1ccc(S)cc1Cl. The summed E-state index contributed by atoms with van der Waals surface area (Å²) in [5, 5.41) is 0.466. The monoisotopic (exact) mass is 216 g/mol. The van der Waals surface area contributed by atoms with E-state index >= 15 is 0 Å². The standard InChI is InChI=1S/C9H9ClO2S/c1-6(11)5-12-9-3-2-7(13)4-8(9)10/h2-4,13H,5H2,1H3. The summed E-state index contributed by atoms with van der Waals surface area (Å²) in [6.07, 6.45) is 0. The Morgan fingerprint density at radius 2 is 2.31 bits per heavy atom. The van der Waals surface area contributed by atoms with Gasteiger partial charge < -0.3 is 4.74 Å². The normalized spacial score (nSPS) is 9.77. The van der Waals surface area contributed by atoms with Gasteiger partial charge in [-0.1, -0.05) is 11.6 Å². The van der Waals surface area contributed by atoms with Crippen LogP contribution in [0.2, 0.25) is 5.02 Å². The Bertz CT molecular complexity index is 325. The summed E-state index contributed by atoms with van der Waals surface area (Å²) >= 11 is 9.93. The van der Waals surface area contributed by atoms with Gasteiger partial charge in [-0.3, -0.25) is 4.79 Å². The predicted octanol–water partition coefficient (Wildman–Crippen LogP) is 2.60. The molecule has 0 aliphatic carbocycles. The van der Waals surface area contributed by atoms with Crippen molar-refractivity contribution in [2.75, 3.05) is 6.61 Å². The topological polar surface area (TPSA) is 26.3 Å². The molecule has 0 N–H and O–H groups in total. The molecule has 0 bridgehead atoms. The van der Waals surface area contributed by atoms with Gasteiger partial charge in [0, 0.05) is 4.90 Å². The first kappa shape index (κ1) is 10.4. The molecule has 1 aromatic rings. The van der Waals surface area contributed by atoms with Crippen LogP contribution in [0.1, 0.15) is 6.92 Å². The molecule has 0 unspecified atom stereocenters. The largest absolute Gasteiger partial charge is 0.484 e. The van der Waals surface area contributed by atoms with Crippen molar-refractivity contribution in [3.05, 3.63) is 23.2 Å². The summed E-state index contributed by atoms with van der Waals surface area (Å²) in [6, 6.07) is 5.11. The molecule has 0 radical (unpaired) electrons. The van der Waals surface area contributed by atoms with Crippen LogP contribution >= 0.6 is 24.2 Å². The molecule has 0 spiro atoms. The molecule has 0 saturated heterocycles. The van der Waals surface area contributed by atoms with Crippen molar-refractivity contribution in [2.24, 2.45) is 0 Å². The predicted molar refractivity (Wildman–Crippen MR) is 54.9 cm³/mol. The van der Waals surface area contributed by atoms with Crippen molar-refractivity contribution >= 4 is 30.0 Å². The van der Waals surface area contributed by atoms with E-state index in [0.717, 1.165) is 4.90 Å². The fourth-order valence-corrected chi connectivity index (χ4v) is 1.30. The molecule has 1 aromatic carbocycles. The van der Waals surface area contributed by atoms with Crippen LogP contribution in [-0.2, 0) is 4.79 Å². The molecule has 0 aliphatic rings. The minimum absolute atomic E-state index is 0.0361. The molecule has 0 aromatic heterocycles. The third-order valence-corrected chi connectivity index (χ3v) is 1.92. The lowest BCUT2D eigenvalue weighted by molar-refractivity contribution is -0.118. The molecular weight excluding hydrogens is 208 g/mol. The second-order valence-electron chi connectivity index (χ2n) is 2.61. The maximum absolute atomic E-state index is 10.6. The number of Topliss-reactive ketones (excluding diaryl/α,β-unsaturated/α-hetero) is 1. The van der Waals surface area contributed by atoms with Gasteiger partial charge in [0.2, 0.25) is 0 Å². The number of hydrogen-bond donors (Lipinski definition) is 1. The Morgan fingerprint density at radius 1 is 1.62 bits per heavy atom. The highest BCUT2D eigenvalue weighted by atomic mass is 35.5. The average molecular weight is 217 g/mol. The third-order valence-electron chi connectivity index (χ3n) is 1.35. The van der Waals surface area contributed by atoms with E-state index in [1.165, 1.54) is 6.92 Å². The number of halogens is 1. The molecule has 0 atom stereocenters. The highest BCUT2D eigenvalue weighted by Crippen LogP contribution is 2.26. The lowest BCUT2D eigenvalue weighted by atomic mass is 10.3. The molecule has 0 aliphatic heterocycles. The lowest BCUT2D eigenvalue weighted by Crippen LogP contribution is -2.06. The van der Waals surface area contributed by atoms with Gasteiger partial charge in [-0.05, 0) is 25.1 Å². The van der Waals surface area contributed by atoms with Crippen molar-refractivity contribution in [1.29, 1.82) is 0 Å². The van der Waals surface area contributed by atoms with Crippen LogP contribution in [0, 0.1) is 0 Å². The summed E-state index contributed by atoms with van der Waals surface area (Å²) in [5.41, 5.74) is 0. The first-order valence-electron chi connectivity index (χ1n) is 3.70. The molecule has 1 rings (SSSR count). The second kappa shape index (κ2) is 4.53. The average Bonchev–Trinajstić information content (AvgIpc) is 2.02. The lowest BCUT2D eigenvalue weighted by Gasteiger charge is -2.05. The fraction of sp³-hybridized carbons (Fsp3) is 0.222. The van der Waals surface area contributed by atoms with Gasteiger partial charge in [-0.25, -0.2) is 0 Å². The molecule has 13 heavy (non-hydrogen) atoms. The number of carbonyl (C=O) groups excluding carboxylic acids is 1. The highest BCUT2D eigenvalue weighted by Gasteiger charge is 2.02. The number of ketones is 1. The van der Waals surface area contributed by atoms with Crippen LogP contribution in [0.3, 0.4) is 0 Å². The summed E-state index contributed by atoms with van der Waals surface area (Å²) in [5.74, 6) is 0.473. The molecular formula is C9H9ClO2S. The van der Waals surface area contributed by atoms with Crippen LogP contribution in [0.25, 0.3) is 0 Å². The summed E-state index contributed by atoms with van der Waals surface area (Å²) in [4.78, 5) is 11.4. The number of benzene rings is 1.